The lowest BCUT2D eigenvalue weighted by Gasteiger charge is -2.46. The number of carbonyl (C=O) groups excluding carboxylic acids is 1. The molecule has 3 fully saturated rings. The first-order valence-electron chi connectivity index (χ1n) is 12.3. The first kappa shape index (κ1) is 21.1. The molecule has 0 radical (unpaired) electrons. The molecule has 2 saturated heterocycles. The van der Waals surface area contributed by atoms with E-state index in [1.54, 1.807) is 11.1 Å². The van der Waals surface area contributed by atoms with E-state index in [0.29, 0.717) is 12.0 Å². The molecule has 2 aliphatic carbocycles. The van der Waals surface area contributed by atoms with Crippen LogP contribution in [0.5, 0.6) is 0 Å². The van der Waals surface area contributed by atoms with Gasteiger partial charge in [-0.05, 0) is 76.0 Å². The molecule has 168 valence electrons. The molecule has 1 saturated carbocycles. The topological polar surface area (TPSA) is 32.8 Å². The lowest BCUT2D eigenvalue weighted by Crippen LogP contribution is -2.53. The Kier molecular flexibility index (Phi) is 5.40. The summed E-state index contributed by atoms with van der Waals surface area (Å²) in [6.45, 7) is 13.1. The molecule has 0 unspecified atom stereocenters. The third-order valence-electron chi connectivity index (χ3n) is 8.68. The third-order valence-corrected chi connectivity index (χ3v) is 8.68. The number of allylic oxidation sites excluding steroid dienone is 2. The van der Waals surface area contributed by atoms with E-state index in [-0.39, 0.29) is 23.4 Å². The molecular formula is C27H38N2O2. The highest BCUT2D eigenvalue weighted by Crippen LogP contribution is 2.55. The predicted molar refractivity (Wildman–Crippen MR) is 125 cm³/mol. The zero-order chi connectivity index (χ0) is 21.8. The molecule has 31 heavy (non-hydrogen) atoms. The van der Waals surface area contributed by atoms with Crippen molar-refractivity contribution in [1.29, 1.82) is 0 Å². The highest BCUT2D eigenvalue weighted by molar-refractivity contribution is 5.76. The number of hydrogen-bond acceptors (Lipinski definition) is 4. The highest BCUT2D eigenvalue weighted by atomic mass is 16.6. The summed E-state index contributed by atoms with van der Waals surface area (Å²) in [5.74, 6) is 0.465. The van der Waals surface area contributed by atoms with Gasteiger partial charge in [0.25, 0.3) is 0 Å². The van der Waals surface area contributed by atoms with Crippen molar-refractivity contribution in [3.8, 4) is 0 Å². The minimum atomic E-state index is 0.0366. The molecule has 0 amide bonds. The third kappa shape index (κ3) is 3.82. The number of aryl methyl sites for hydroxylation is 1. The summed E-state index contributed by atoms with van der Waals surface area (Å²) < 4.78 is 6.00. The van der Waals surface area contributed by atoms with Crippen LogP contribution < -0.4 is 4.90 Å². The Hall–Kier alpha value is -1.81. The zero-order valence-corrected chi connectivity index (χ0v) is 19.7. The number of carbonyl (C=O) groups is 1. The minimum absolute atomic E-state index is 0.0366. The van der Waals surface area contributed by atoms with Gasteiger partial charge in [-0.3, -0.25) is 9.69 Å². The summed E-state index contributed by atoms with van der Waals surface area (Å²) in [6.07, 6.45) is 6.00. The van der Waals surface area contributed by atoms with Crippen molar-refractivity contribution in [2.24, 2.45) is 17.3 Å². The molecule has 0 bridgehead atoms. The van der Waals surface area contributed by atoms with Gasteiger partial charge in [0.15, 0.2) is 0 Å². The second-order valence-corrected chi connectivity index (χ2v) is 11.0. The number of esters is 1. The fourth-order valence-electron chi connectivity index (χ4n) is 6.99. The number of hydrogen-bond donors (Lipinski definition) is 0. The Morgan fingerprint density at radius 2 is 2.06 bits per heavy atom. The monoisotopic (exact) mass is 422 g/mol. The standard InChI is InChI=1S/C27H38N2O2/c1-18-7-5-9-21(13-18)29-12-11-28(16-20(29)3)17-23-22-14-24-19(2)8-6-10-27(24,4)15-25(22)31-26(23)30/h5,7,9,13,20,22-23,25H,6,8,10-12,14-17H2,1-4H3/t20-,22+,23-,25-,27-/m0/s1. The molecule has 4 heteroatoms. The van der Waals surface area contributed by atoms with E-state index in [1.165, 1.54) is 30.5 Å². The van der Waals surface area contributed by atoms with Gasteiger partial charge in [0.2, 0.25) is 0 Å². The van der Waals surface area contributed by atoms with Crippen LogP contribution in [-0.4, -0.2) is 49.2 Å². The van der Waals surface area contributed by atoms with Crippen molar-refractivity contribution in [3.05, 3.63) is 41.0 Å². The smallest absolute Gasteiger partial charge is 0.310 e. The lowest BCUT2D eigenvalue weighted by molar-refractivity contribution is -0.145. The van der Waals surface area contributed by atoms with Gasteiger partial charge < -0.3 is 9.64 Å². The number of anilines is 1. The van der Waals surface area contributed by atoms with Crippen LogP contribution in [0.25, 0.3) is 0 Å². The Morgan fingerprint density at radius 3 is 2.84 bits per heavy atom. The van der Waals surface area contributed by atoms with Crippen LogP contribution in [0.4, 0.5) is 5.69 Å². The quantitative estimate of drug-likeness (QED) is 0.509. The molecule has 2 aliphatic heterocycles. The minimum Gasteiger partial charge on any atom is -0.462 e. The van der Waals surface area contributed by atoms with Gasteiger partial charge in [0.1, 0.15) is 6.10 Å². The van der Waals surface area contributed by atoms with E-state index in [4.69, 9.17) is 4.74 Å². The molecule has 1 aromatic carbocycles. The second kappa shape index (κ2) is 7.95. The molecule has 4 nitrogen and oxygen atoms in total. The van der Waals surface area contributed by atoms with Gasteiger partial charge in [-0.15, -0.1) is 0 Å². The van der Waals surface area contributed by atoms with Crippen molar-refractivity contribution in [2.75, 3.05) is 31.1 Å². The Balaban J connectivity index is 1.27. The molecule has 2 heterocycles. The number of nitrogens with zero attached hydrogens (tertiary/aromatic N) is 2. The molecule has 0 spiro atoms. The van der Waals surface area contributed by atoms with Crippen LogP contribution >= 0.6 is 0 Å². The zero-order valence-electron chi connectivity index (χ0n) is 19.7. The fraction of sp³-hybridized carbons (Fsp3) is 0.667. The van der Waals surface area contributed by atoms with E-state index in [9.17, 15) is 4.79 Å². The Bertz CT molecular complexity index is 893. The van der Waals surface area contributed by atoms with Crippen LogP contribution in [0.3, 0.4) is 0 Å². The maximum absolute atomic E-state index is 12.9. The molecule has 5 atom stereocenters. The summed E-state index contributed by atoms with van der Waals surface area (Å²) in [5, 5.41) is 0. The SMILES string of the molecule is CC1=C2C[C@H]3[C@H](C[C@]2(C)CCC1)OC(=O)[C@H]3CN1CCN(c2cccc(C)c2)[C@@H](C)C1. The first-order valence-corrected chi connectivity index (χ1v) is 12.3. The lowest BCUT2D eigenvalue weighted by atomic mass is 9.59. The van der Waals surface area contributed by atoms with Crippen LogP contribution in [0.2, 0.25) is 0 Å². The van der Waals surface area contributed by atoms with E-state index in [2.05, 4.69) is 61.8 Å². The molecule has 0 aromatic heterocycles. The second-order valence-electron chi connectivity index (χ2n) is 11.0. The summed E-state index contributed by atoms with van der Waals surface area (Å²) in [5.41, 5.74) is 6.13. The average molecular weight is 423 g/mol. The number of fused-ring (bicyclic) bond motifs is 2. The van der Waals surface area contributed by atoms with E-state index in [1.807, 2.05) is 0 Å². The number of rotatable bonds is 3. The van der Waals surface area contributed by atoms with Gasteiger partial charge >= 0.3 is 5.97 Å². The van der Waals surface area contributed by atoms with Crippen LogP contribution in [0, 0.1) is 24.2 Å². The van der Waals surface area contributed by atoms with Crippen LogP contribution in [0.15, 0.2) is 35.4 Å². The van der Waals surface area contributed by atoms with Crippen LogP contribution in [0.1, 0.15) is 58.4 Å². The molecule has 5 rings (SSSR count). The maximum atomic E-state index is 12.9. The number of benzene rings is 1. The fourth-order valence-corrected chi connectivity index (χ4v) is 6.99. The number of piperazine rings is 1. The Morgan fingerprint density at radius 1 is 1.23 bits per heavy atom. The van der Waals surface area contributed by atoms with Gasteiger partial charge in [0.05, 0.1) is 5.92 Å². The van der Waals surface area contributed by atoms with Gasteiger partial charge in [-0.1, -0.05) is 30.2 Å². The molecule has 1 aromatic rings. The predicted octanol–water partition coefficient (Wildman–Crippen LogP) is 4.96. The van der Waals surface area contributed by atoms with Crippen molar-refractivity contribution in [3.63, 3.8) is 0 Å². The summed E-state index contributed by atoms with van der Waals surface area (Å²) in [7, 11) is 0. The summed E-state index contributed by atoms with van der Waals surface area (Å²) in [6, 6.07) is 9.26. The summed E-state index contributed by atoms with van der Waals surface area (Å²) >= 11 is 0. The average Bonchev–Trinajstić information content (AvgIpc) is 3.00. The van der Waals surface area contributed by atoms with Crippen molar-refractivity contribution in [2.45, 2.75) is 71.9 Å². The molecule has 0 N–H and O–H groups in total. The number of ether oxygens (including phenoxy) is 1. The van der Waals surface area contributed by atoms with Gasteiger partial charge in [0, 0.05) is 43.8 Å². The first-order chi connectivity index (χ1) is 14.8. The van der Waals surface area contributed by atoms with Crippen LogP contribution in [-0.2, 0) is 9.53 Å². The maximum Gasteiger partial charge on any atom is 0.310 e. The highest BCUT2D eigenvalue weighted by Gasteiger charge is 2.53. The summed E-state index contributed by atoms with van der Waals surface area (Å²) in [4.78, 5) is 18.0. The van der Waals surface area contributed by atoms with Crippen molar-refractivity contribution in [1.82, 2.24) is 4.90 Å². The van der Waals surface area contributed by atoms with Crippen molar-refractivity contribution >= 4 is 11.7 Å². The van der Waals surface area contributed by atoms with Gasteiger partial charge in [-0.25, -0.2) is 0 Å². The normalized spacial score (nSPS) is 36.3. The largest absolute Gasteiger partial charge is 0.462 e. The van der Waals surface area contributed by atoms with Crippen molar-refractivity contribution < 1.29 is 9.53 Å². The van der Waals surface area contributed by atoms with Gasteiger partial charge in [-0.2, -0.15) is 0 Å². The van der Waals surface area contributed by atoms with E-state index in [0.717, 1.165) is 39.0 Å². The Labute approximate surface area is 187 Å². The van der Waals surface area contributed by atoms with E-state index >= 15 is 0 Å². The molecule has 4 aliphatic rings. The van der Waals surface area contributed by atoms with E-state index < -0.39 is 0 Å². The molecular weight excluding hydrogens is 384 g/mol.